The van der Waals surface area contributed by atoms with Crippen LogP contribution in [0, 0.1) is 5.92 Å². The maximum absolute atomic E-state index is 12.1. The van der Waals surface area contributed by atoms with Gasteiger partial charge in [0, 0.05) is 37.3 Å². The van der Waals surface area contributed by atoms with Crippen LogP contribution in [0.15, 0.2) is 0 Å². The Hall–Kier alpha value is -0.960. The molecule has 0 aromatic carbocycles. The zero-order valence-corrected chi connectivity index (χ0v) is 13.9. The minimum Gasteiger partial charge on any atom is -0.481 e. The topological polar surface area (TPSA) is 104 Å². The van der Waals surface area contributed by atoms with E-state index in [1.165, 1.54) is 16.7 Å². The van der Waals surface area contributed by atoms with Crippen LogP contribution in [0.3, 0.4) is 0 Å². The van der Waals surface area contributed by atoms with Gasteiger partial charge < -0.3 is 15.3 Å². The van der Waals surface area contributed by atoms with Gasteiger partial charge in [0.1, 0.15) is 5.37 Å². The predicted octanol–water partition coefficient (Wildman–Crippen LogP) is 0.616. The molecule has 1 aliphatic heterocycles. The van der Waals surface area contributed by atoms with Gasteiger partial charge in [-0.25, -0.2) is 13.2 Å². The van der Waals surface area contributed by atoms with Crippen molar-refractivity contribution in [1.82, 2.24) is 10.2 Å². The van der Waals surface area contributed by atoms with Crippen molar-refractivity contribution >= 4 is 33.6 Å². The van der Waals surface area contributed by atoms with Crippen molar-refractivity contribution in [2.75, 3.05) is 30.9 Å². The fourth-order valence-electron chi connectivity index (χ4n) is 2.00. The molecule has 9 heteroatoms. The fraction of sp³-hybridized carbons (Fsp3) is 0.833. The van der Waals surface area contributed by atoms with E-state index in [1.54, 1.807) is 0 Å². The number of carboxylic acid groups (broad SMARTS) is 1. The molecule has 2 N–H and O–H groups in total. The Morgan fingerprint density at radius 2 is 2.14 bits per heavy atom. The first-order valence-corrected chi connectivity index (χ1v) is 9.85. The van der Waals surface area contributed by atoms with Gasteiger partial charge in [-0.05, 0) is 12.3 Å². The number of sulfone groups is 1. The molecule has 0 bridgehead atoms. The molecule has 0 aromatic rings. The predicted molar refractivity (Wildman–Crippen MR) is 82.1 cm³/mol. The summed E-state index contributed by atoms with van der Waals surface area (Å²) in [5, 5.41) is 10.5. The van der Waals surface area contributed by atoms with E-state index in [4.69, 9.17) is 5.11 Å². The molecule has 7 nitrogen and oxygen atoms in total. The molecule has 1 heterocycles. The maximum atomic E-state index is 12.1. The summed E-state index contributed by atoms with van der Waals surface area (Å²) in [6.45, 7) is 2.59. The van der Waals surface area contributed by atoms with Gasteiger partial charge in [0.25, 0.3) is 0 Å². The second-order valence-corrected chi connectivity index (χ2v) is 8.63. The molecule has 0 spiro atoms. The average molecular weight is 338 g/mol. The van der Waals surface area contributed by atoms with Gasteiger partial charge in [-0.2, -0.15) is 11.8 Å². The average Bonchev–Trinajstić information content (AvgIpc) is 2.41. The number of hydrogen-bond donors (Lipinski definition) is 2. The lowest BCUT2D eigenvalue weighted by atomic mass is 10.1. The molecule has 0 aromatic heterocycles. The highest BCUT2D eigenvalue weighted by Gasteiger charge is 2.34. The van der Waals surface area contributed by atoms with Crippen LogP contribution >= 0.6 is 11.8 Å². The second-order valence-electron chi connectivity index (χ2n) is 5.28. The van der Waals surface area contributed by atoms with Crippen LogP contribution in [0.2, 0.25) is 0 Å². The SMILES string of the molecule is CC(CCC(=O)O)CNC(=O)N1CCSCC1S(C)(=O)=O. The number of carboxylic acids is 1. The van der Waals surface area contributed by atoms with E-state index in [2.05, 4.69) is 5.32 Å². The van der Waals surface area contributed by atoms with Crippen molar-refractivity contribution in [2.24, 2.45) is 5.92 Å². The highest BCUT2D eigenvalue weighted by atomic mass is 32.2. The lowest BCUT2D eigenvalue weighted by Gasteiger charge is -2.34. The first-order valence-electron chi connectivity index (χ1n) is 6.74. The van der Waals surface area contributed by atoms with Crippen LogP contribution in [0.5, 0.6) is 0 Å². The lowest BCUT2D eigenvalue weighted by molar-refractivity contribution is -0.137. The summed E-state index contributed by atoms with van der Waals surface area (Å²) in [5.74, 6) is 0.272. The number of thioether (sulfide) groups is 1. The summed E-state index contributed by atoms with van der Waals surface area (Å²) in [6.07, 6.45) is 1.67. The number of amides is 2. The number of nitrogens with zero attached hydrogens (tertiary/aromatic N) is 1. The Labute approximate surface area is 129 Å². The van der Waals surface area contributed by atoms with Gasteiger partial charge in [0.2, 0.25) is 0 Å². The van der Waals surface area contributed by atoms with Crippen molar-refractivity contribution < 1.29 is 23.1 Å². The van der Waals surface area contributed by atoms with Crippen molar-refractivity contribution in [3.63, 3.8) is 0 Å². The molecule has 0 aliphatic carbocycles. The molecule has 1 fully saturated rings. The minimum absolute atomic E-state index is 0.0286. The van der Waals surface area contributed by atoms with Gasteiger partial charge in [-0.15, -0.1) is 0 Å². The Morgan fingerprint density at radius 3 is 2.71 bits per heavy atom. The number of nitrogens with one attached hydrogen (secondary N) is 1. The molecule has 2 atom stereocenters. The number of carbonyl (C=O) groups is 2. The van der Waals surface area contributed by atoms with Crippen LogP contribution in [0.1, 0.15) is 19.8 Å². The van der Waals surface area contributed by atoms with Crippen LogP contribution < -0.4 is 5.32 Å². The third-order valence-corrected chi connectivity index (χ3v) is 5.94. The Bertz CT molecular complexity index is 480. The number of aliphatic carboxylic acids is 1. The molecule has 2 amide bonds. The zero-order valence-electron chi connectivity index (χ0n) is 12.2. The van der Waals surface area contributed by atoms with Crippen LogP contribution in [0.4, 0.5) is 4.79 Å². The van der Waals surface area contributed by atoms with Gasteiger partial charge in [0.05, 0.1) is 0 Å². The Kier molecular flexibility index (Phi) is 6.79. The van der Waals surface area contributed by atoms with E-state index in [-0.39, 0.29) is 12.3 Å². The normalized spacial score (nSPS) is 20.9. The molecule has 1 rings (SSSR count). The Morgan fingerprint density at radius 1 is 1.48 bits per heavy atom. The van der Waals surface area contributed by atoms with Crippen LogP contribution in [-0.4, -0.2) is 66.6 Å². The smallest absolute Gasteiger partial charge is 0.318 e. The number of carbonyl (C=O) groups excluding carboxylic acids is 1. The zero-order chi connectivity index (χ0) is 16.0. The molecule has 1 saturated heterocycles. The van der Waals surface area contributed by atoms with Crippen molar-refractivity contribution in [3.8, 4) is 0 Å². The first kappa shape index (κ1) is 18.1. The molecular formula is C12H22N2O5S2. The molecule has 21 heavy (non-hydrogen) atoms. The highest BCUT2D eigenvalue weighted by molar-refractivity contribution is 8.00. The van der Waals surface area contributed by atoms with Gasteiger partial charge in [0.15, 0.2) is 9.84 Å². The van der Waals surface area contributed by atoms with Gasteiger partial charge in [-0.3, -0.25) is 4.79 Å². The molecule has 122 valence electrons. The molecule has 2 unspecified atom stereocenters. The second kappa shape index (κ2) is 7.88. The molecule has 1 aliphatic rings. The van der Waals surface area contributed by atoms with Crippen molar-refractivity contribution in [2.45, 2.75) is 25.1 Å². The van der Waals surface area contributed by atoms with Gasteiger partial charge in [-0.1, -0.05) is 6.92 Å². The third-order valence-electron chi connectivity index (χ3n) is 3.29. The van der Waals surface area contributed by atoms with E-state index in [1.807, 2.05) is 6.92 Å². The van der Waals surface area contributed by atoms with E-state index in [0.29, 0.717) is 31.0 Å². The maximum Gasteiger partial charge on any atom is 0.318 e. The minimum atomic E-state index is -3.31. The fourth-order valence-corrected chi connectivity index (χ4v) is 4.82. The summed E-state index contributed by atoms with van der Waals surface area (Å²) in [5.41, 5.74) is 0. The standard InChI is InChI=1S/C12H22N2O5S2/c1-9(3-4-11(15)16)7-13-12(17)14-5-6-20-8-10(14)21(2,18)19/h9-10H,3-8H2,1-2H3,(H,13,17)(H,15,16). The van der Waals surface area contributed by atoms with E-state index in [0.717, 1.165) is 6.26 Å². The van der Waals surface area contributed by atoms with Crippen molar-refractivity contribution in [1.29, 1.82) is 0 Å². The number of hydrogen-bond acceptors (Lipinski definition) is 5. The largest absolute Gasteiger partial charge is 0.481 e. The van der Waals surface area contributed by atoms with E-state index in [9.17, 15) is 18.0 Å². The van der Waals surface area contributed by atoms with E-state index >= 15 is 0 Å². The summed E-state index contributed by atoms with van der Waals surface area (Å²) in [4.78, 5) is 24.0. The summed E-state index contributed by atoms with van der Waals surface area (Å²) < 4.78 is 23.4. The van der Waals surface area contributed by atoms with Gasteiger partial charge >= 0.3 is 12.0 Å². The summed E-state index contributed by atoms with van der Waals surface area (Å²) in [6, 6.07) is -0.395. The molecular weight excluding hydrogens is 316 g/mol. The number of rotatable bonds is 6. The first-order chi connectivity index (χ1) is 9.71. The van der Waals surface area contributed by atoms with E-state index < -0.39 is 27.2 Å². The lowest BCUT2D eigenvalue weighted by Crippen LogP contribution is -2.53. The van der Waals surface area contributed by atoms with Crippen molar-refractivity contribution in [3.05, 3.63) is 0 Å². The summed E-state index contributed by atoms with van der Waals surface area (Å²) in [7, 11) is -3.31. The monoisotopic (exact) mass is 338 g/mol. The molecule has 0 saturated carbocycles. The number of urea groups is 1. The summed E-state index contributed by atoms with van der Waals surface area (Å²) >= 11 is 1.52. The molecule has 0 radical (unpaired) electrons. The van der Waals surface area contributed by atoms with Crippen LogP contribution in [0.25, 0.3) is 0 Å². The Balaban J connectivity index is 2.51. The third kappa shape index (κ3) is 6.13. The van der Waals surface area contributed by atoms with Crippen LogP contribution in [-0.2, 0) is 14.6 Å². The highest BCUT2D eigenvalue weighted by Crippen LogP contribution is 2.20. The quantitative estimate of drug-likeness (QED) is 0.736.